The van der Waals surface area contributed by atoms with E-state index in [9.17, 15) is 4.79 Å². The molecule has 3 rings (SSSR count). The van der Waals surface area contributed by atoms with Crippen LogP contribution in [0.3, 0.4) is 0 Å². The van der Waals surface area contributed by atoms with Crippen LogP contribution in [0.25, 0.3) is 0 Å². The predicted octanol–water partition coefficient (Wildman–Crippen LogP) is 3.12. The second kappa shape index (κ2) is 6.76. The second-order valence-corrected chi connectivity index (χ2v) is 7.13. The molecule has 2 N–H and O–H groups in total. The van der Waals surface area contributed by atoms with Crippen molar-refractivity contribution < 1.29 is 13.9 Å². The summed E-state index contributed by atoms with van der Waals surface area (Å²) in [5.41, 5.74) is 0.826. The summed E-state index contributed by atoms with van der Waals surface area (Å²) in [7, 11) is 0. The molecule has 7 heteroatoms. The van der Waals surface area contributed by atoms with Gasteiger partial charge in [-0.05, 0) is 12.8 Å². The SMILES string of the molecule is CC(C)(C)c1cnc(CCC(=O)Nc2cc(C3CCCO3)[nH]n2)o1. The Hall–Kier alpha value is -2.15. The van der Waals surface area contributed by atoms with E-state index < -0.39 is 0 Å². The Labute approximate surface area is 141 Å². The molecule has 1 aliphatic heterocycles. The van der Waals surface area contributed by atoms with Crippen molar-refractivity contribution in [2.24, 2.45) is 0 Å². The summed E-state index contributed by atoms with van der Waals surface area (Å²) in [5.74, 6) is 1.81. The fraction of sp³-hybridized carbons (Fsp3) is 0.588. The molecule has 1 fully saturated rings. The number of aromatic nitrogens is 3. The van der Waals surface area contributed by atoms with Crippen molar-refractivity contribution in [2.45, 2.75) is 58.0 Å². The highest BCUT2D eigenvalue weighted by Gasteiger charge is 2.21. The van der Waals surface area contributed by atoms with Crippen molar-refractivity contribution in [3.63, 3.8) is 0 Å². The number of hydrogen-bond donors (Lipinski definition) is 2. The van der Waals surface area contributed by atoms with Gasteiger partial charge in [-0.3, -0.25) is 9.89 Å². The summed E-state index contributed by atoms with van der Waals surface area (Å²) in [6, 6.07) is 1.83. The zero-order chi connectivity index (χ0) is 17.2. The lowest BCUT2D eigenvalue weighted by atomic mass is 9.94. The topological polar surface area (TPSA) is 93.0 Å². The number of carbonyl (C=O) groups excluding carboxylic acids is 1. The van der Waals surface area contributed by atoms with Gasteiger partial charge < -0.3 is 14.5 Å². The Kier molecular flexibility index (Phi) is 4.71. The van der Waals surface area contributed by atoms with Crippen LogP contribution in [0.5, 0.6) is 0 Å². The van der Waals surface area contributed by atoms with Crippen molar-refractivity contribution in [3.8, 4) is 0 Å². The lowest BCUT2D eigenvalue weighted by Crippen LogP contribution is -2.12. The van der Waals surface area contributed by atoms with Crippen LogP contribution < -0.4 is 5.32 Å². The first-order valence-electron chi connectivity index (χ1n) is 8.34. The summed E-state index contributed by atoms with van der Waals surface area (Å²) in [6.07, 6.45) is 4.59. The van der Waals surface area contributed by atoms with Crippen LogP contribution in [0.4, 0.5) is 5.82 Å². The van der Waals surface area contributed by atoms with Crippen molar-refractivity contribution in [1.29, 1.82) is 0 Å². The molecule has 0 radical (unpaired) electrons. The number of aromatic amines is 1. The maximum absolute atomic E-state index is 12.1. The largest absolute Gasteiger partial charge is 0.445 e. The second-order valence-electron chi connectivity index (χ2n) is 7.13. The van der Waals surface area contributed by atoms with Gasteiger partial charge in [0.05, 0.1) is 18.0 Å². The molecule has 0 saturated carbocycles. The third-order valence-corrected chi connectivity index (χ3v) is 4.00. The third kappa shape index (κ3) is 4.03. The fourth-order valence-corrected chi connectivity index (χ4v) is 2.59. The van der Waals surface area contributed by atoms with E-state index in [1.807, 2.05) is 6.07 Å². The van der Waals surface area contributed by atoms with Crippen LogP contribution in [0.1, 0.15) is 63.5 Å². The Morgan fingerprint density at radius 3 is 2.96 bits per heavy atom. The van der Waals surface area contributed by atoms with E-state index in [0.29, 0.717) is 24.6 Å². The molecule has 7 nitrogen and oxygen atoms in total. The van der Waals surface area contributed by atoms with Crippen molar-refractivity contribution in [2.75, 3.05) is 11.9 Å². The minimum absolute atomic E-state index is 0.0614. The number of nitrogens with zero attached hydrogens (tertiary/aromatic N) is 2. The number of hydrogen-bond acceptors (Lipinski definition) is 5. The molecule has 1 amide bonds. The van der Waals surface area contributed by atoms with E-state index in [0.717, 1.165) is 30.9 Å². The first kappa shape index (κ1) is 16.7. The van der Waals surface area contributed by atoms with Gasteiger partial charge in [0.2, 0.25) is 5.91 Å². The number of oxazole rings is 1. The summed E-state index contributed by atoms with van der Waals surface area (Å²) >= 11 is 0. The quantitative estimate of drug-likeness (QED) is 0.877. The van der Waals surface area contributed by atoms with Gasteiger partial charge in [-0.1, -0.05) is 20.8 Å². The number of nitrogens with one attached hydrogen (secondary N) is 2. The predicted molar refractivity (Wildman–Crippen MR) is 88.7 cm³/mol. The number of aryl methyl sites for hydroxylation is 1. The molecule has 24 heavy (non-hydrogen) atoms. The summed E-state index contributed by atoms with van der Waals surface area (Å²) in [4.78, 5) is 16.3. The van der Waals surface area contributed by atoms with E-state index in [4.69, 9.17) is 9.15 Å². The van der Waals surface area contributed by atoms with Crippen LogP contribution in [0, 0.1) is 0 Å². The molecule has 1 atom stereocenters. The maximum atomic E-state index is 12.1. The van der Waals surface area contributed by atoms with Gasteiger partial charge in [0.15, 0.2) is 11.7 Å². The first-order chi connectivity index (χ1) is 11.4. The molecule has 1 saturated heterocycles. The molecule has 2 aromatic heterocycles. The maximum Gasteiger partial charge on any atom is 0.226 e. The van der Waals surface area contributed by atoms with E-state index >= 15 is 0 Å². The third-order valence-electron chi connectivity index (χ3n) is 4.00. The minimum Gasteiger partial charge on any atom is -0.445 e. The Morgan fingerprint density at radius 1 is 1.46 bits per heavy atom. The standard InChI is InChI=1S/C17H24N4O3/c1-17(2,3)13-10-18-16(24-13)7-6-15(22)19-14-9-11(20-21-14)12-5-4-8-23-12/h9-10,12H,4-8H2,1-3H3,(H2,19,20,21,22). The molecule has 1 aliphatic rings. The number of H-pyrrole nitrogens is 1. The van der Waals surface area contributed by atoms with E-state index in [1.54, 1.807) is 6.20 Å². The average Bonchev–Trinajstić information content (AvgIpc) is 3.25. The zero-order valence-corrected chi connectivity index (χ0v) is 14.4. The molecular weight excluding hydrogens is 308 g/mol. The summed E-state index contributed by atoms with van der Waals surface area (Å²) in [6.45, 7) is 6.96. The van der Waals surface area contributed by atoms with Crippen LogP contribution in [-0.4, -0.2) is 27.7 Å². The fourth-order valence-electron chi connectivity index (χ4n) is 2.59. The lowest BCUT2D eigenvalue weighted by molar-refractivity contribution is -0.116. The van der Waals surface area contributed by atoms with Gasteiger partial charge in [-0.2, -0.15) is 5.10 Å². The number of rotatable bonds is 5. The van der Waals surface area contributed by atoms with Crippen LogP contribution >= 0.6 is 0 Å². The van der Waals surface area contributed by atoms with Crippen molar-refractivity contribution in [1.82, 2.24) is 15.2 Å². The first-order valence-corrected chi connectivity index (χ1v) is 8.34. The van der Waals surface area contributed by atoms with Crippen molar-refractivity contribution >= 4 is 11.7 Å². The molecule has 0 aliphatic carbocycles. The molecule has 130 valence electrons. The highest BCUT2D eigenvalue weighted by atomic mass is 16.5. The zero-order valence-electron chi connectivity index (χ0n) is 14.4. The monoisotopic (exact) mass is 332 g/mol. The van der Waals surface area contributed by atoms with Gasteiger partial charge in [-0.25, -0.2) is 4.98 Å². The van der Waals surface area contributed by atoms with Gasteiger partial charge in [0.1, 0.15) is 5.76 Å². The molecular formula is C17H24N4O3. The number of ether oxygens (including phenoxy) is 1. The minimum atomic E-state index is -0.115. The average molecular weight is 332 g/mol. The highest BCUT2D eigenvalue weighted by molar-refractivity contribution is 5.89. The summed E-state index contributed by atoms with van der Waals surface area (Å²) < 4.78 is 11.3. The van der Waals surface area contributed by atoms with E-state index in [1.165, 1.54) is 0 Å². The van der Waals surface area contributed by atoms with Gasteiger partial charge in [0, 0.05) is 30.9 Å². The molecule has 3 heterocycles. The number of anilines is 1. The Bertz CT molecular complexity index is 693. The van der Waals surface area contributed by atoms with Crippen LogP contribution in [-0.2, 0) is 21.4 Å². The van der Waals surface area contributed by atoms with Crippen LogP contribution in [0.2, 0.25) is 0 Å². The Balaban J connectivity index is 1.50. The van der Waals surface area contributed by atoms with Gasteiger partial charge in [0.25, 0.3) is 0 Å². The van der Waals surface area contributed by atoms with Crippen LogP contribution in [0.15, 0.2) is 16.7 Å². The number of carbonyl (C=O) groups is 1. The van der Waals surface area contributed by atoms with E-state index in [-0.39, 0.29) is 17.4 Å². The highest BCUT2D eigenvalue weighted by Crippen LogP contribution is 2.28. The van der Waals surface area contributed by atoms with Gasteiger partial charge >= 0.3 is 0 Å². The van der Waals surface area contributed by atoms with Crippen molar-refractivity contribution in [3.05, 3.63) is 29.6 Å². The smallest absolute Gasteiger partial charge is 0.226 e. The van der Waals surface area contributed by atoms with E-state index in [2.05, 4.69) is 41.3 Å². The lowest BCUT2D eigenvalue weighted by Gasteiger charge is -2.13. The normalized spacial score (nSPS) is 18.0. The molecule has 0 spiro atoms. The molecule has 0 aromatic carbocycles. The molecule has 0 bridgehead atoms. The Morgan fingerprint density at radius 2 is 2.29 bits per heavy atom. The summed E-state index contributed by atoms with van der Waals surface area (Å²) in [5, 5.41) is 9.83. The number of amides is 1. The molecule has 2 aromatic rings. The molecule has 1 unspecified atom stereocenters. The van der Waals surface area contributed by atoms with Gasteiger partial charge in [-0.15, -0.1) is 0 Å².